The van der Waals surface area contributed by atoms with E-state index in [-0.39, 0.29) is 0 Å². The number of para-hydroxylation sites is 1. The molecule has 1 aromatic heterocycles. The summed E-state index contributed by atoms with van der Waals surface area (Å²) >= 11 is 3.43. The Morgan fingerprint density at radius 3 is 2.78 bits per heavy atom. The van der Waals surface area contributed by atoms with Gasteiger partial charge in [-0.15, -0.1) is 4.68 Å². The number of nitrogens with one attached hydrogen (secondary N) is 1. The lowest BCUT2D eigenvalue weighted by atomic mass is 10.2. The summed E-state index contributed by atoms with van der Waals surface area (Å²) in [4.78, 5) is 27.3. The Morgan fingerprint density at radius 1 is 1.26 bits per heavy atom. The van der Waals surface area contributed by atoms with E-state index in [1.165, 1.54) is 13.3 Å². The van der Waals surface area contributed by atoms with Crippen molar-refractivity contribution >= 4 is 33.0 Å². The van der Waals surface area contributed by atoms with Gasteiger partial charge in [0.1, 0.15) is 6.61 Å². The van der Waals surface area contributed by atoms with Crippen LogP contribution in [0.5, 0.6) is 11.5 Å². The molecule has 0 unspecified atom stereocenters. The lowest BCUT2D eigenvalue weighted by Gasteiger charge is -2.11. The average molecular weight is 430 g/mol. The molecule has 2 aromatic carbocycles. The molecular formula is C19H16BrN3O4. The predicted octanol–water partition coefficient (Wildman–Crippen LogP) is 2.91. The van der Waals surface area contributed by atoms with E-state index < -0.39 is 11.2 Å². The highest BCUT2D eigenvalue weighted by molar-refractivity contribution is 9.10. The number of hydrogen-bond donors (Lipinski definition) is 1. The highest BCUT2D eigenvalue weighted by Gasteiger charge is 2.10. The fourth-order valence-electron chi connectivity index (χ4n) is 2.45. The van der Waals surface area contributed by atoms with Gasteiger partial charge in [0.05, 0.1) is 24.2 Å². The van der Waals surface area contributed by atoms with Crippen molar-refractivity contribution in [1.82, 2.24) is 9.66 Å². The standard InChI is InChI=1S/C19H16BrN3O4/c1-3-8-27-17-10-14(20)12(9-16(17)26-2)11-21-23-18(24)13-6-4-5-7-15(13)22-19(23)25/h3-7,9-11H,1,8H2,2H3,(H,22,25). The van der Waals surface area contributed by atoms with Gasteiger partial charge < -0.3 is 14.5 Å². The van der Waals surface area contributed by atoms with Gasteiger partial charge in [0, 0.05) is 10.0 Å². The first-order valence-corrected chi connectivity index (χ1v) is 8.74. The third-order valence-electron chi connectivity index (χ3n) is 3.74. The van der Waals surface area contributed by atoms with E-state index in [4.69, 9.17) is 9.47 Å². The maximum Gasteiger partial charge on any atom is 0.349 e. The Hall–Kier alpha value is -3.13. The van der Waals surface area contributed by atoms with Gasteiger partial charge in [0.25, 0.3) is 5.56 Å². The lowest BCUT2D eigenvalue weighted by Crippen LogP contribution is -2.32. The Bertz CT molecular complexity index is 1150. The second-order valence-corrected chi connectivity index (χ2v) is 6.32. The van der Waals surface area contributed by atoms with Crippen molar-refractivity contribution in [2.45, 2.75) is 0 Å². The molecule has 1 N–H and O–H groups in total. The van der Waals surface area contributed by atoms with Crippen LogP contribution in [-0.4, -0.2) is 29.6 Å². The number of rotatable bonds is 6. The van der Waals surface area contributed by atoms with Gasteiger partial charge in [-0.3, -0.25) is 4.79 Å². The zero-order chi connectivity index (χ0) is 19.4. The quantitative estimate of drug-likeness (QED) is 0.482. The summed E-state index contributed by atoms with van der Waals surface area (Å²) in [6, 6.07) is 10.2. The van der Waals surface area contributed by atoms with Gasteiger partial charge >= 0.3 is 5.69 Å². The lowest BCUT2D eigenvalue weighted by molar-refractivity contribution is 0.326. The molecular weight excluding hydrogens is 414 g/mol. The van der Waals surface area contributed by atoms with Crippen LogP contribution in [0.1, 0.15) is 5.56 Å². The van der Waals surface area contributed by atoms with Gasteiger partial charge in [-0.1, -0.05) is 24.8 Å². The van der Waals surface area contributed by atoms with Crippen molar-refractivity contribution in [3.8, 4) is 11.5 Å². The summed E-state index contributed by atoms with van der Waals surface area (Å²) in [7, 11) is 1.52. The molecule has 7 nitrogen and oxygen atoms in total. The van der Waals surface area contributed by atoms with Crippen molar-refractivity contribution in [3.05, 3.63) is 79.9 Å². The second kappa shape index (κ2) is 8.05. The van der Waals surface area contributed by atoms with Gasteiger partial charge in [-0.05, 0) is 40.2 Å². The Labute approximate surface area is 162 Å². The molecule has 3 rings (SSSR count). The Morgan fingerprint density at radius 2 is 2.04 bits per heavy atom. The molecule has 27 heavy (non-hydrogen) atoms. The third kappa shape index (κ3) is 3.85. The number of methoxy groups -OCH3 is 1. The third-order valence-corrected chi connectivity index (χ3v) is 4.42. The number of aromatic amines is 1. The van der Waals surface area contributed by atoms with Gasteiger partial charge in [0.2, 0.25) is 0 Å². The fourth-order valence-corrected chi connectivity index (χ4v) is 2.87. The zero-order valence-electron chi connectivity index (χ0n) is 14.4. The van der Waals surface area contributed by atoms with Crippen LogP contribution in [0, 0.1) is 0 Å². The highest BCUT2D eigenvalue weighted by Crippen LogP contribution is 2.32. The van der Waals surface area contributed by atoms with Crippen molar-refractivity contribution < 1.29 is 9.47 Å². The molecule has 0 radical (unpaired) electrons. The number of benzene rings is 2. The van der Waals surface area contributed by atoms with Crippen molar-refractivity contribution in [1.29, 1.82) is 0 Å². The van der Waals surface area contributed by atoms with Crippen LogP contribution in [0.2, 0.25) is 0 Å². The summed E-state index contributed by atoms with van der Waals surface area (Å²) in [5.74, 6) is 1.02. The largest absolute Gasteiger partial charge is 0.493 e. The Kier molecular flexibility index (Phi) is 5.56. The molecule has 0 spiro atoms. The van der Waals surface area contributed by atoms with Crippen LogP contribution in [-0.2, 0) is 0 Å². The van der Waals surface area contributed by atoms with Crippen LogP contribution >= 0.6 is 15.9 Å². The normalized spacial score (nSPS) is 11.0. The maximum atomic E-state index is 12.5. The number of hydrogen-bond acceptors (Lipinski definition) is 5. The maximum absolute atomic E-state index is 12.5. The molecule has 138 valence electrons. The van der Waals surface area contributed by atoms with E-state index in [1.54, 1.807) is 42.5 Å². The summed E-state index contributed by atoms with van der Waals surface area (Å²) in [6.45, 7) is 3.94. The molecule has 1 heterocycles. The van der Waals surface area contributed by atoms with E-state index in [1.807, 2.05) is 0 Å². The summed E-state index contributed by atoms with van der Waals surface area (Å²) in [5, 5.41) is 4.42. The minimum Gasteiger partial charge on any atom is -0.493 e. The number of H-pyrrole nitrogens is 1. The van der Waals surface area contributed by atoms with E-state index in [9.17, 15) is 9.59 Å². The topological polar surface area (TPSA) is 85.7 Å². The monoisotopic (exact) mass is 429 g/mol. The molecule has 3 aromatic rings. The van der Waals surface area contributed by atoms with Crippen molar-refractivity contribution in [3.63, 3.8) is 0 Å². The fraction of sp³-hybridized carbons (Fsp3) is 0.105. The smallest absolute Gasteiger partial charge is 0.349 e. The van der Waals surface area contributed by atoms with Crippen molar-refractivity contribution in [2.24, 2.45) is 5.10 Å². The van der Waals surface area contributed by atoms with Gasteiger partial charge in [-0.25, -0.2) is 4.79 Å². The van der Waals surface area contributed by atoms with E-state index >= 15 is 0 Å². The second-order valence-electron chi connectivity index (χ2n) is 5.46. The van der Waals surface area contributed by atoms with Crippen LogP contribution < -0.4 is 20.7 Å². The number of aromatic nitrogens is 2. The molecule has 0 saturated carbocycles. The highest BCUT2D eigenvalue weighted by atomic mass is 79.9. The minimum atomic E-state index is -0.621. The molecule has 0 atom stereocenters. The van der Waals surface area contributed by atoms with Crippen LogP contribution in [0.15, 0.2) is 68.2 Å². The van der Waals surface area contributed by atoms with Crippen LogP contribution in [0.3, 0.4) is 0 Å². The average Bonchev–Trinajstić information content (AvgIpc) is 2.67. The minimum absolute atomic E-state index is 0.331. The number of nitrogens with zero attached hydrogens (tertiary/aromatic N) is 2. The zero-order valence-corrected chi connectivity index (χ0v) is 16.0. The van der Waals surface area contributed by atoms with E-state index in [2.05, 4.69) is 32.6 Å². The molecule has 0 bridgehead atoms. The van der Waals surface area contributed by atoms with Crippen LogP contribution in [0.4, 0.5) is 0 Å². The summed E-state index contributed by atoms with van der Waals surface area (Å²) in [5.41, 5.74) is -0.0496. The van der Waals surface area contributed by atoms with Gasteiger partial charge in [-0.2, -0.15) is 5.10 Å². The number of halogens is 1. The summed E-state index contributed by atoms with van der Waals surface area (Å²) in [6.07, 6.45) is 3.02. The van der Waals surface area contributed by atoms with Crippen LogP contribution in [0.25, 0.3) is 10.9 Å². The van der Waals surface area contributed by atoms with Crippen molar-refractivity contribution in [2.75, 3.05) is 13.7 Å². The molecule has 0 fully saturated rings. The SMILES string of the molecule is C=CCOc1cc(Br)c(C=Nn2c(=O)[nH]c3ccccc3c2=O)cc1OC. The predicted molar refractivity (Wildman–Crippen MR) is 108 cm³/mol. The van der Waals surface area contributed by atoms with E-state index in [0.29, 0.717) is 39.0 Å². The van der Waals surface area contributed by atoms with E-state index in [0.717, 1.165) is 4.68 Å². The molecule has 0 saturated heterocycles. The summed E-state index contributed by atoms with van der Waals surface area (Å²) < 4.78 is 12.3. The molecule has 8 heteroatoms. The molecule has 0 aliphatic rings. The number of fused-ring (bicyclic) bond motifs is 1. The first kappa shape index (κ1) is 18.7. The van der Waals surface area contributed by atoms with Gasteiger partial charge in [0.15, 0.2) is 11.5 Å². The first-order valence-electron chi connectivity index (χ1n) is 7.95. The first-order chi connectivity index (χ1) is 13.0. The Balaban J connectivity index is 2.04. The molecule has 0 aliphatic heterocycles. The molecule has 0 amide bonds. The number of ether oxygens (including phenoxy) is 2. The molecule has 0 aliphatic carbocycles.